The van der Waals surface area contributed by atoms with Crippen molar-refractivity contribution >= 4 is 5.91 Å². The topological polar surface area (TPSA) is 35.6 Å². The summed E-state index contributed by atoms with van der Waals surface area (Å²) in [7, 11) is 0. The van der Waals surface area contributed by atoms with E-state index in [1.807, 2.05) is 0 Å². The van der Waals surface area contributed by atoms with Crippen LogP contribution in [-0.4, -0.2) is 61.0 Å². The molecule has 0 aromatic carbocycles. The molecule has 1 saturated heterocycles. The number of nitrogens with one attached hydrogen (secondary N) is 1. The number of amides is 1. The van der Waals surface area contributed by atoms with Gasteiger partial charge in [0.15, 0.2) is 0 Å². The molecule has 0 radical (unpaired) electrons. The van der Waals surface area contributed by atoms with Gasteiger partial charge in [-0.15, -0.1) is 0 Å². The first kappa shape index (κ1) is 18.4. The minimum atomic E-state index is 0.323. The summed E-state index contributed by atoms with van der Waals surface area (Å²) in [6.07, 6.45) is 6.99. The van der Waals surface area contributed by atoms with E-state index >= 15 is 0 Å². The Morgan fingerprint density at radius 1 is 1.14 bits per heavy atom. The largest absolute Gasteiger partial charge is 0.342 e. The van der Waals surface area contributed by atoms with Crippen LogP contribution < -0.4 is 5.32 Å². The Morgan fingerprint density at radius 2 is 1.81 bits per heavy atom. The monoisotopic (exact) mass is 297 g/mol. The smallest absolute Gasteiger partial charge is 0.236 e. The van der Waals surface area contributed by atoms with Crippen molar-refractivity contribution in [3.8, 4) is 0 Å². The first-order valence-corrected chi connectivity index (χ1v) is 8.95. The third kappa shape index (κ3) is 6.79. The zero-order valence-corrected chi connectivity index (χ0v) is 14.4. The Balaban J connectivity index is 2.50. The first-order chi connectivity index (χ1) is 10.2. The van der Waals surface area contributed by atoms with Crippen molar-refractivity contribution in [2.75, 3.05) is 39.3 Å². The number of hydrogen-bond donors (Lipinski definition) is 1. The van der Waals surface area contributed by atoms with Crippen LogP contribution in [0.5, 0.6) is 0 Å². The minimum absolute atomic E-state index is 0.323. The van der Waals surface area contributed by atoms with Crippen LogP contribution in [0.4, 0.5) is 0 Å². The van der Waals surface area contributed by atoms with E-state index in [1.165, 1.54) is 12.8 Å². The summed E-state index contributed by atoms with van der Waals surface area (Å²) in [6, 6.07) is 0.534. The Morgan fingerprint density at radius 3 is 2.29 bits per heavy atom. The maximum Gasteiger partial charge on any atom is 0.236 e. The fourth-order valence-corrected chi connectivity index (χ4v) is 2.98. The van der Waals surface area contributed by atoms with Crippen LogP contribution in [0.25, 0.3) is 0 Å². The Hall–Kier alpha value is -0.610. The van der Waals surface area contributed by atoms with Gasteiger partial charge in [-0.25, -0.2) is 0 Å². The number of rotatable bonds is 10. The van der Waals surface area contributed by atoms with Crippen LogP contribution in [0.3, 0.4) is 0 Å². The van der Waals surface area contributed by atoms with E-state index in [0.717, 1.165) is 58.4 Å². The quantitative estimate of drug-likeness (QED) is 0.673. The van der Waals surface area contributed by atoms with Crippen LogP contribution in [0, 0.1) is 0 Å². The van der Waals surface area contributed by atoms with Gasteiger partial charge in [0.1, 0.15) is 0 Å². The van der Waals surface area contributed by atoms with Gasteiger partial charge >= 0.3 is 0 Å². The SMILES string of the molecule is CCCCN(CCCC)C(=O)CN(CC)C1CCCNC1. The third-order valence-electron chi connectivity index (χ3n) is 4.45. The fraction of sp³-hybridized carbons (Fsp3) is 0.941. The van der Waals surface area contributed by atoms with Gasteiger partial charge < -0.3 is 10.2 Å². The second-order valence-electron chi connectivity index (χ2n) is 6.15. The molecule has 1 aliphatic rings. The molecule has 0 aromatic heterocycles. The first-order valence-electron chi connectivity index (χ1n) is 8.95. The van der Waals surface area contributed by atoms with Crippen molar-refractivity contribution in [3.63, 3.8) is 0 Å². The molecule has 1 amide bonds. The molecule has 0 saturated carbocycles. The van der Waals surface area contributed by atoms with E-state index in [9.17, 15) is 4.79 Å². The van der Waals surface area contributed by atoms with E-state index in [4.69, 9.17) is 0 Å². The highest BCUT2D eigenvalue weighted by atomic mass is 16.2. The van der Waals surface area contributed by atoms with Crippen molar-refractivity contribution < 1.29 is 4.79 Å². The number of piperidine rings is 1. The second-order valence-corrected chi connectivity index (χ2v) is 6.15. The lowest BCUT2D eigenvalue weighted by atomic mass is 10.1. The lowest BCUT2D eigenvalue weighted by molar-refractivity contribution is -0.133. The highest BCUT2D eigenvalue weighted by molar-refractivity contribution is 5.78. The second kappa shape index (κ2) is 11.0. The van der Waals surface area contributed by atoms with Gasteiger partial charge in [0.05, 0.1) is 6.54 Å². The van der Waals surface area contributed by atoms with Crippen molar-refractivity contribution in [2.24, 2.45) is 0 Å². The average Bonchev–Trinajstić information content (AvgIpc) is 2.53. The van der Waals surface area contributed by atoms with Crippen molar-refractivity contribution in [1.29, 1.82) is 0 Å². The van der Waals surface area contributed by atoms with E-state index in [-0.39, 0.29) is 0 Å². The molecule has 4 nitrogen and oxygen atoms in total. The zero-order valence-electron chi connectivity index (χ0n) is 14.4. The molecule has 1 aliphatic heterocycles. The van der Waals surface area contributed by atoms with Gasteiger partial charge in [-0.1, -0.05) is 33.6 Å². The average molecular weight is 297 g/mol. The van der Waals surface area contributed by atoms with Gasteiger partial charge in [-0.3, -0.25) is 9.69 Å². The highest BCUT2D eigenvalue weighted by Crippen LogP contribution is 2.11. The molecule has 1 heterocycles. The molecule has 124 valence electrons. The molecular formula is C17H35N3O. The van der Waals surface area contributed by atoms with E-state index < -0.39 is 0 Å². The Bertz CT molecular complexity index is 269. The molecule has 1 atom stereocenters. The third-order valence-corrected chi connectivity index (χ3v) is 4.45. The highest BCUT2D eigenvalue weighted by Gasteiger charge is 2.23. The predicted octanol–water partition coefficient (Wildman–Crippen LogP) is 2.49. The molecule has 1 N–H and O–H groups in total. The molecule has 4 heteroatoms. The lowest BCUT2D eigenvalue weighted by Crippen LogP contribution is -2.50. The zero-order chi connectivity index (χ0) is 15.5. The lowest BCUT2D eigenvalue weighted by Gasteiger charge is -2.35. The van der Waals surface area contributed by atoms with Gasteiger partial charge in [-0.05, 0) is 38.8 Å². The summed E-state index contributed by atoms with van der Waals surface area (Å²) >= 11 is 0. The van der Waals surface area contributed by atoms with Gasteiger partial charge in [-0.2, -0.15) is 0 Å². The molecule has 0 aromatic rings. The summed E-state index contributed by atoms with van der Waals surface area (Å²) in [6.45, 7) is 12.1. The fourth-order valence-electron chi connectivity index (χ4n) is 2.98. The van der Waals surface area contributed by atoms with Crippen molar-refractivity contribution in [2.45, 2.75) is 65.3 Å². The summed E-state index contributed by atoms with van der Waals surface area (Å²) in [5.74, 6) is 0.323. The van der Waals surface area contributed by atoms with Crippen molar-refractivity contribution in [1.82, 2.24) is 15.1 Å². The van der Waals surface area contributed by atoms with E-state index in [2.05, 4.69) is 35.9 Å². The molecule has 0 spiro atoms. The normalized spacial score (nSPS) is 19.0. The van der Waals surface area contributed by atoms with E-state index in [1.54, 1.807) is 0 Å². The molecule has 1 fully saturated rings. The van der Waals surface area contributed by atoms with Gasteiger partial charge in [0, 0.05) is 25.7 Å². The van der Waals surface area contributed by atoms with Gasteiger partial charge in [0.2, 0.25) is 5.91 Å². The van der Waals surface area contributed by atoms with Crippen LogP contribution >= 0.6 is 0 Å². The van der Waals surface area contributed by atoms with Crippen LogP contribution in [0.1, 0.15) is 59.3 Å². The minimum Gasteiger partial charge on any atom is -0.342 e. The predicted molar refractivity (Wildman–Crippen MR) is 89.5 cm³/mol. The molecular weight excluding hydrogens is 262 g/mol. The molecule has 1 rings (SSSR count). The molecule has 1 unspecified atom stereocenters. The number of unbranched alkanes of at least 4 members (excludes halogenated alkanes) is 2. The number of carbonyl (C=O) groups is 1. The van der Waals surface area contributed by atoms with Crippen molar-refractivity contribution in [3.05, 3.63) is 0 Å². The van der Waals surface area contributed by atoms with Gasteiger partial charge in [0.25, 0.3) is 0 Å². The number of hydrogen-bond acceptors (Lipinski definition) is 3. The summed E-state index contributed by atoms with van der Waals surface area (Å²) in [5.41, 5.74) is 0. The summed E-state index contributed by atoms with van der Waals surface area (Å²) in [5, 5.41) is 3.45. The maximum atomic E-state index is 12.6. The summed E-state index contributed by atoms with van der Waals surface area (Å²) in [4.78, 5) is 17.1. The molecule has 21 heavy (non-hydrogen) atoms. The van der Waals surface area contributed by atoms with Crippen LogP contribution in [0.15, 0.2) is 0 Å². The number of nitrogens with zero attached hydrogens (tertiary/aromatic N) is 2. The number of likely N-dealkylation sites (N-methyl/N-ethyl adjacent to an activating group) is 1. The Kier molecular flexibility index (Phi) is 9.68. The Labute approximate surface area is 131 Å². The standard InChI is InChI=1S/C17H35N3O/c1-4-7-12-20(13-8-5-2)17(21)15-19(6-3)16-10-9-11-18-14-16/h16,18H,4-15H2,1-3H3. The van der Waals surface area contributed by atoms with Crippen LogP contribution in [-0.2, 0) is 4.79 Å². The van der Waals surface area contributed by atoms with Crippen LogP contribution in [0.2, 0.25) is 0 Å². The molecule has 0 bridgehead atoms. The molecule has 0 aliphatic carbocycles. The number of carbonyl (C=O) groups excluding carboxylic acids is 1. The summed E-state index contributed by atoms with van der Waals surface area (Å²) < 4.78 is 0. The maximum absolute atomic E-state index is 12.6. The van der Waals surface area contributed by atoms with E-state index in [0.29, 0.717) is 18.5 Å².